The number of methoxy groups -OCH3 is 1. The minimum absolute atomic E-state index is 0.457. The molecule has 15 heavy (non-hydrogen) atoms. The molecule has 1 aliphatic carbocycles. The van der Waals surface area contributed by atoms with Gasteiger partial charge >= 0.3 is 0 Å². The van der Waals surface area contributed by atoms with Crippen LogP contribution in [0.3, 0.4) is 0 Å². The Kier molecular flexibility index (Phi) is 3.72. The highest BCUT2D eigenvalue weighted by Crippen LogP contribution is 2.41. The number of nitrogens with zero attached hydrogens (tertiary/aromatic N) is 1. The van der Waals surface area contributed by atoms with E-state index >= 15 is 0 Å². The molecule has 0 saturated heterocycles. The van der Waals surface area contributed by atoms with E-state index in [0.717, 1.165) is 24.8 Å². The Morgan fingerprint density at radius 1 is 1.67 bits per heavy atom. The molecule has 1 heterocycles. The van der Waals surface area contributed by atoms with Crippen LogP contribution >= 0.6 is 11.3 Å². The van der Waals surface area contributed by atoms with Crippen molar-refractivity contribution in [1.29, 1.82) is 0 Å². The highest BCUT2D eigenvalue weighted by molar-refractivity contribution is 7.09. The smallest absolute Gasteiger partial charge is 0.110 e. The van der Waals surface area contributed by atoms with E-state index in [0.29, 0.717) is 6.04 Å². The summed E-state index contributed by atoms with van der Waals surface area (Å²) >= 11 is 1.77. The first kappa shape index (κ1) is 11.0. The van der Waals surface area contributed by atoms with E-state index in [1.54, 1.807) is 18.4 Å². The zero-order valence-corrected chi connectivity index (χ0v) is 10.1. The maximum absolute atomic E-state index is 5.05. The van der Waals surface area contributed by atoms with Gasteiger partial charge in [0, 0.05) is 24.7 Å². The number of ether oxygens (including phenoxy) is 1. The Morgan fingerprint density at radius 3 is 3.00 bits per heavy atom. The first-order valence-electron chi connectivity index (χ1n) is 5.45. The number of hydrogen-bond donors (Lipinski definition) is 1. The molecule has 84 valence electrons. The normalized spacial score (nSPS) is 18.0. The predicted octanol–water partition coefficient (Wildman–Crippen LogP) is 2.14. The quantitative estimate of drug-likeness (QED) is 0.755. The predicted molar refractivity (Wildman–Crippen MR) is 62.2 cm³/mol. The van der Waals surface area contributed by atoms with Gasteiger partial charge in [-0.25, -0.2) is 4.98 Å². The Labute approximate surface area is 94.9 Å². The fraction of sp³-hybridized carbons (Fsp3) is 0.727. The Bertz CT molecular complexity index is 309. The summed E-state index contributed by atoms with van der Waals surface area (Å²) in [4.78, 5) is 4.57. The monoisotopic (exact) mass is 226 g/mol. The van der Waals surface area contributed by atoms with E-state index in [-0.39, 0.29) is 0 Å². The molecule has 0 spiro atoms. The van der Waals surface area contributed by atoms with Crippen molar-refractivity contribution in [2.75, 3.05) is 20.3 Å². The molecule has 1 aromatic heterocycles. The van der Waals surface area contributed by atoms with Gasteiger partial charge in [0.25, 0.3) is 0 Å². The summed E-state index contributed by atoms with van der Waals surface area (Å²) in [5.41, 5.74) is 1.13. The molecule has 0 aliphatic heterocycles. The molecule has 1 saturated carbocycles. The van der Waals surface area contributed by atoms with E-state index in [1.165, 1.54) is 17.8 Å². The Morgan fingerprint density at radius 2 is 2.47 bits per heavy atom. The summed E-state index contributed by atoms with van der Waals surface area (Å²) in [5, 5.41) is 6.90. The lowest BCUT2D eigenvalue weighted by molar-refractivity contribution is 0.194. The van der Waals surface area contributed by atoms with Crippen molar-refractivity contribution in [1.82, 2.24) is 10.3 Å². The summed E-state index contributed by atoms with van der Waals surface area (Å²) in [6.45, 7) is 3.74. The fourth-order valence-corrected chi connectivity index (χ4v) is 2.68. The average molecular weight is 226 g/mol. The summed E-state index contributed by atoms with van der Waals surface area (Å²) in [6.07, 6.45) is 2.67. The first-order valence-corrected chi connectivity index (χ1v) is 6.33. The molecule has 2 rings (SSSR count). The summed E-state index contributed by atoms with van der Waals surface area (Å²) < 4.78 is 5.05. The second kappa shape index (κ2) is 5.05. The topological polar surface area (TPSA) is 34.1 Å². The van der Waals surface area contributed by atoms with E-state index in [9.17, 15) is 0 Å². The molecule has 0 amide bonds. The summed E-state index contributed by atoms with van der Waals surface area (Å²) in [7, 11) is 1.74. The maximum Gasteiger partial charge on any atom is 0.110 e. The molecule has 0 bridgehead atoms. The van der Waals surface area contributed by atoms with Gasteiger partial charge in [0.15, 0.2) is 0 Å². The SMILES string of the molecule is COCCNC(c1nc(C)cs1)C1CC1. The molecule has 3 nitrogen and oxygen atoms in total. The minimum atomic E-state index is 0.457. The lowest BCUT2D eigenvalue weighted by Crippen LogP contribution is -2.26. The van der Waals surface area contributed by atoms with Gasteiger partial charge in [0.2, 0.25) is 0 Å². The van der Waals surface area contributed by atoms with Gasteiger partial charge < -0.3 is 10.1 Å². The van der Waals surface area contributed by atoms with Crippen LogP contribution in [-0.2, 0) is 4.74 Å². The molecule has 4 heteroatoms. The lowest BCUT2D eigenvalue weighted by Gasteiger charge is -2.15. The number of hydrogen-bond acceptors (Lipinski definition) is 4. The summed E-state index contributed by atoms with van der Waals surface area (Å²) in [5.74, 6) is 0.799. The molecule has 1 aliphatic rings. The minimum Gasteiger partial charge on any atom is -0.383 e. The number of nitrogens with one attached hydrogen (secondary N) is 1. The molecular formula is C11H18N2OS. The van der Waals surface area contributed by atoms with Crippen LogP contribution in [-0.4, -0.2) is 25.2 Å². The van der Waals surface area contributed by atoms with Gasteiger partial charge in [-0.1, -0.05) is 0 Å². The number of aryl methyl sites for hydroxylation is 1. The van der Waals surface area contributed by atoms with Crippen LogP contribution in [0.25, 0.3) is 0 Å². The van der Waals surface area contributed by atoms with Crippen LogP contribution in [0.15, 0.2) is 5.38 Å². The van der Waals surface area contributed by atoms with Crippen molar-refractivity contribution >= 4 is 11.3 Å². The van der Waals surface area contributed by atoms with Crippen LogP contribution in [0.4, 0.5) is 0 Å². The van der Waals surface area contributed by atoms with E-state index in [4.69, 9.17) is 4.74 Å². The largest absolute Gasteiger partial charge is 0.383 e. The first-order chi connectivity index (χ1) is 7.31. The third-order valence-corrected chi connectivity index (χ3v) is 3.71. The Hall–Kier alpha value is -0.450. The van der Waals surface area contributed by atoms with Crippen molar-refractivity contribution in [3.05, 3.63) is 16.1 Å². The van der Waals surface area contributed by atoms with Crippen LogP contribution in [0.5, 0.6) is 0 Å². The van der Waals surface area contributed by atoms with Crippen LogP contribution in [0, 0.1) is 12.8 Å². The van der Waals surface area contributed by atoms with Gasteiger partial charge in [-0.05, 0) is 25.7 Å². The highest BCUT2D eigenvalue weighted by Gasteiger charge is 2.33. The van der Waals surface area contributed by atoms with Crippen molar-refractivity contribution < 1.29 is 4.74 Å². The number of thiazole rings is 1. The molecule has 1 fully saturated rings. The Balaban J connectivity index is 1.93. The van der Waals surface area contributed by atoms with Crippen molar-refractivity contribution in [2.45, 2.75) is 25.8 Å². The van der Waals surface area contributed by atoms with Gasteiger partial charge in [-0.2, -0.15) is 0 Å². The standard InChI is InChI=1S/C11H18N2OS/c1-8-7-15-11(13-8)10(9-3-4-9)12-5-6-14-2/h7,9-10,12H,3-6H2,1-2H3. The van der Waals surface area contributed by atoms with Gasteiger partial charge in [-0.15, -0.1) is 11.3 Å². The fourth-order valence-electron chi connectivity index (χ4n) is 1.72. The van der Waals surface area contributed by atoms with Gasteiger partial charge in [-0.3, -0.25) is 0 Å². The van der Waals surface area contributed by atoms with E-state index in [1.807, 2.05) is 0 Å². The molecule has 1 N–H and O–H groups in total. The second-order valence-electron chi connectivity index (χ2n) is 4.09. The van der Waals surface area contributed by atoms with Crippen molar-refractivity contribution in [2.24, 2.45) is 5.92 Å². The molecule has 1 atom stereocenters. The summed E-state index contributed by atoms with van der Waals surface area (Å²) in [6, 6.07) is 0.457. The zero-order valence-electron chi connectivity index (χ0n) is 9.32. The highest BCUT2D eigenvalue weighted by atomic mass is 32.1. The van der Waals surface area contributed by atoms with Crippen molar-refractivity contribution in [3.8, 4) is 0 Å². The van der Waals surface area contributed by atoms with Crippen LogP contribution in [0.2, 0.25) is 0 Å². The number of rotatable bonds is 6. The molecule has 0 aromatic carbocycles. The average Bonchev–Trinajstić information content (AvgIpc) is 2.97. The lowest BCUT2D eigenvalue weighted by atomic mass is 10.2. The maximum atomic E-state index is 5.05. The van der Waals surface area contributed by atoms with Crippen LogP contribution in [0.1, 0.15) is 29.6 Å². The zero-order chi connectivity index (χ0) is 10.7. The third-order valence-electron chi connectivity index (χ3n) is 2.67. The molecule has 1 aromatic rings. The molecule has 0 radical (unpaired) electrons. The van der Waals surface area contributed by atoms with E-state index in [2.05, 4.69) is 22.6 Å². The van der Waals surface area contributed by atoms with Crippen LogP contribution < -0.4 is 5.32 Å². The molecular weight excluding hydrogens is 208 g/mol. The number of aromatic nitrogens is 1. The molecule has 1 unspecified atom stereocenters. The second-order valence-corrected chi connectivity index (χ2v) is 4.98. The van der Waals surface area contributed by atoms with Gasteiger partial charge in [0.05, 0.1) is 12.6 Å². The van der Waals surface area contributed by atoms with Gasteiger partial charge in [0.1, 0.15) is 5.01 Å². The van der Waals surface area contributed by atoms with E-state index < -0.39 is 0 Å². The van der Waals surface area contributed by atoms with Crippen molar-refractivity contribution in [3.63, 3.8) is 0 Å². The third kappa shape index (κ3) is 3.00.